The van der Waals surface area contributed by atoms with Gasteiger partial charge in [-0.2, -0.15) is 5.26 Å². The summed E-state index contributed by atoms with van der Waals surface area (Å²) >= 11 is 6.00. The van der Waals surface area contributed by atoms with E-state index in [-0.39, 0.29) is 5.91 Å². The van der Waals surface area contributed by atoms with Gasteiger partial charge in [-0.15, -0.1) is 0 Å². The highest BCUT2D eigenvalue weighted by molar-refractivity contribution is 6.30. The summed E-state index contributed by atoms with van der Waals surface area (Å²) in [7, 11) is 0. The average molecular weight is 527 g/mol. The van der Waals surface area contributed by atoms with E-state index in [2.05, 4.69) is 32.7 Å². The summed E-state index contributed by atoms with van der Waals surface area (Å²) in [5.74, 6) is 0.00705. The van der Waals surface area contributed by atoms with Crippen LogP contribution in [0.1, 0.15) is 33.6 Å². The van der Waals surface area contributed by atoms with Gasteiger partial charge in [-0.05, 0) is 60.5 Å². The number of hydrogen-bond donors (Lipinski definition) is 1. The fourth-order valence-electron chi connectivity index (χ4n) is 5.06. The fraction of sp³-hybridized carbons (Fsp3) is 0.300. The molecule has 1 atom stereocenters. The number of aromatic nitrogens is 1. The number of halogens is 1. The molecule has 3 aromatic rings. The van der Waals surface area contributed by atoms with Crippen LogP contribution >= 0.6 is 11.6 Å². The Morgan fingerprint density at radius 2 is 1.76 bits per heavy atom. The predicted octanol–water partition coefficient (Wildman–Crippen LogP) is 4.40. The summed E-state index contributed by atoms with van der Waals surface area (Å²) in [6.07, 6.45) is 2.68. The van der Waals surface area contributed by atoms with Gasteiger partial charge in [0.1, 0.15) is 0 Å². The van der Waals surface area contributed by atoms with Gasteiger partial charge in [0.2, 0.25) is 0 Å². The normalized spacial score (nSPS) is 17.7. The second-order valence-electron chi connectivity index (χ2n) is 9.84. The van der Waals surface area contributed by atoms with E-state index in [9.17, 15) is 4.79 Å². The van der Waals surface area contributed by atoms with Crippen molar-refractivity contribution in [2.45, 2.75) is 19.0 Å². The average Bonchev–Trinajstić information content (AvgIpc) is 3.40. The number of likely N-dealkylation sites (tertiary alicyclic amines) is 1. The summed E-state index contributed by atoms with van der Waals surface area (Å²) in [6, 6.07) is 21.8. The van der Waals surface area contributed by atoms with Crippen LogP contribution in [0.15, 0.2) is 73.4 Å². The van der Waals surface area contributed by atoms with Crippen LogP contribution < -0.4 is 10.2 Å². The largest absolute Gasteiger partial charge is 0.380 e. The topological polar surface area (TPSA) is 75.5 Å². The molecule has 2 saturated heterocycles. The lowest BCUT2D eigenvalue weighted by Crippen LogP contribution is -2.48. The Bertz CT molecular complexity index is 1310. The van der Waals surface area contributed by atoms with Gasteiger partial charge in [-0.25, -0.2) is 0 Å². The van der Waals surface area contributed by atoms with Crippen molar-refractivity contribution >= 4 is 28.9 Å². The maximum Gasteiger partial charge on any atom is 0.255 e. The molecule has 2 aromatic carbocycles. The molecule has 0 spiro atoms. The lowest BCUT2D eigenvalue weighted by atomic mass is 10.1. The van der Waals surface area contributed by atoms with Gasteiger partial charge in [-0.1, -0.05) is 30.3 Å². The number of benzene rings is 2. The first-order valence-corrected chi connectivity index (χ1v) is 13.3. The van der Waals surface area contributed by atoms with Crippen LogP contribution in [0, 0.1) is 11.3 Å². The molecule has 7 nitrogen and oxygen atoms in total. The number of nitrogens with zero attached hydrogens (tertiary/aromatic N) is 5. The standard InChI is InChI=1S/C30H31ClN6O/c1-22(34-27-12-13-35(21-27)20-24-4-2-23(18-32)3-5-24)29-11-6-25(19-33-29)30(38)37-16-14-36(15-17-37)28-9-7-26(31)8-10-28/h2-11,19,27,34H,1,12-17,20-21H2/t27-/m0/s1. The Labute approximate surface area is 228 Å². The van der Waals surface area contributed by atoms with Crippen LogP contribution in [-0.4, -0.2) is 66.0 Å². The lowest BCUT2D eigenvalue weighted by molar-refractivity contribution is 0.0746. The molecule has 1 aromatic heterocycles. The molecule has 8 heteroatoms. The van der Waals surface area contributed by atoms with E-state index in [1.807, 2.05) is 65.6 Å². The Balaban J connectivity index is 1.09. The number of hydrogen-bond acceptors (Lipinski definition) is 6. The highest BCUT2D eigenvalue weighted by Gasteiger charge is 2.24. The Kier molecular flexibility index (Phi) is 7.92. The first kappa shape index (κ1) is 25.8. The molecule has 38 heavy (non-hydrogen) atoms. The quantitative estimate of drug-likeness (QED) is 0.491. The molecule has 2 fully saturated rings. The van der Waals surface area contributed by atoms with E-state index >= 15 is 0 Å². The molecule has 0 saturated carbocycles. The van der Waals surface area contributed by atoms with Crippen molar-refractivity contribution in [3.05, 3.63) is 101 Å². The van der Waals surface area contributed by atoms with E-state index in [1.165, 1.54) is 5.56 Å². The molecule has 3 heterocycles. The van der Waals surface area contributed by atoms with Crippen molar-refractivity contribution in [1.82, 2.24) is 20.1 Å². The minimum atomic E-state index is 0.00705. The zero-order chi connectivity index (χ0) is 26.5. The van der Waals surface area contributed by atoms with Crippen molar-refractivity contribution in [2.75, 3.05) is 44.2 Å². The number of carbonyl (C=O) groups excluding carboxylic acids is 1. The van der Waals surface area contributed by atoms with E-state index < -0.39 is 0 Å². The third-order valence-electron chi connectivity index (χ3n) is 7.22. The number of piperazine rings is 1. The molecule has 0 radical (unpaired) electrons. The zero-order valence-electron chi connectivity index (χ0n) is 21.3. The SMILES string of the molecule is C=C(N[C@H]1CCN(Cc2ccc(C#N)cc2)C1)c1ccc(C(=O)N2CCN(c3ccc(Cl)cc3)CC2)cn1. The zero-order valence-corrected chi connectivity index (χ0v) is 22.1. The maximum absolute atomic E-state index is 13.1. The van der Waals surface area contributed by atoms with Crippen molar-refractivity contribution in [1.29, 1.82) is 5.26 Å². The van der Waals surface area contributed by atoms with Crippen molar-refractivity contribution in [3.8, 4) is 6.07 Å². The predicted molar refractivity (Wildman–Crippen MR) is 151 cm³/mol. The molecule has 0 aliphatic carbocycles. The molecule has 5 rings (SSSR count). The maximum atomic E-state index is 13.1. The Morgan fingerprint density at radius 1 is 1.03 bits per heavy atom. The van der Waals surface area contributed by atoms with E-state index in [0.717, 1.165) is 61.2 Å². The fourth-order valence-corrected chi connectivity index (χ4v) is 5.18. The van der Waals surface area contributed by atoms with Gasteiger partial charge in [0.15, 0.2) is 0 Å². The number of anilines is 1. The van der Waals surface area contributed by atoms with Crippen LogP contribution in [0.2, 0.25) is 5.02 Å². The van der Waals surface area contributed by atoms with E-state index in [1.54, 1.807) is 6.20 Å². The number of carbonyl (C=O) groups is 1. The summed E-state index contributed by atoms with van der Waals surface area (Å²) < 4.78 is 0. The second-order valence-corrected chi connectivity index (χ2v) is 10.3. The number of pyridine rings is 1. The van der Waals surface area contributed by atoms with Gasteiger partial charge in [0, 0.05) is 68.8 Å². The summed E-state index contributed by atoms with van der Waals surface area (Å²) in [6.45, 7) is 9.85. The number of amides is 1. The number of nitrogens with one attached hydrogen (secondary N) is 1. The smallest absolute Gasteiger partial charge is 0.255 e. The molecular weight excluding hydrogens is 496 g/mol. The molecular formula is C30H31ClN6O. The van der Waals surface area contributed by atoms with Gasteiger partial charge in [0.25, 0.3) is 5.91 Å². The molecule has 0 unspecified atom stereocenters. The molecule has 194 valence electrons. The summed E-state index contributed by atoms with van der Waals surface area (Å²) in [5.41, 5.74) is 5.12. The van der Waals surface area contributed by atoms with Crippen LogP contribution in [0.3, 0.4) is 0 Å². The van der Waals surface area contributed by atoms with Crippen molar-refractivity contribution < 1.29 is 4.79 Å². The third kappa shape index (κ3) is 6.16. The minimum absolute atomic E-state index is 0.00705. The Hall–Kier alpha value is -3.86. The molecule has 0 bridgehead atoms. The van der Waals surface area contributed by atoms with Gasteiger partial charge < -0.3 is 15.1 Å². The van der Waals surface area contributed by atoms with Crippen LogP contribution in [0.25, 0.3) is 5.70 Å². The summed E-state index contributed by atoms with van der Waals surface area (Å²) in [4.78, 5) is 24.2. The molecule has 1 amide bonds. The van der Waals surface area contributed by atoms with Crippen molar-refractivity contribution in [2.24, 2.45) is 0 Å². The molecule has 1 N–H and O–H groups in total. The third-order valence-corrected chi connectivity index (χ3v) is 7.47. The number of rotatable bonds is 7. The van der Waals surface area contributed by atoms with Crippen LogP contribution in [-0.2, 0) is 6.54 Å². The lowest BCUT2D eigenvalue weighted by Gasteiger charge is -2.36. The highest BCUT2D eigenvalue weighted by Crippen LogP contribution is 2.21. The van der Waals surface area contributed by atoms with E-state index in [0.29, 0.717) is 30.3 Å². The minimum Gasteiger partial charge on any atom is -0.380 e. The van der Waals surface area contributed by atoms with Crippen LogP contribution in [0.4, 0.5) is 5.69 Å². The monoisotopic (exact) mass is 526 g/mol. The highest BCUT2D eigenvalue weighted by atomic mass is 35.5. The van der Waals surface area contributed by atoms with Crippen LogP contribution in [0.5, 0.6) is 0 Å². The van der Waals surface area contributed by atoms with Gasteiger partial charge >= 0.3 is 0 Å². The Morgan fingerprint density at radius 3 is 2.42 bits per heavy atom. The number of nitriles is 1. The molecule has 2 aliphatic rings. The van der Waals surface area contributed by atoms with Crippen molar-refractivity contribution in [3.63, 3.8) is 0 Å². The first-order chi connectivity index (χ1) is 18.5. The summed E-state index contributed by atoms with van der Waals surface area (Å²) in [5, 5.41) is 13.2. The van der Waals surface area contributed by atoms with E-state index in [4.69, 9.17) is 16.9 Å². The molecule has 2 aliphatic heterocycles. The first-order valence-electron chi connectivity index (χ1n) is 12.9. The second kappa shape index (κ2) is 11.7. The van der Waals surface area contributed by atoms with Gasteiger partial charge in [-0.3, -0.25) is 14.7 Å². The van der Waals surface area contributed by atoms with Gasteiger partial charge in [0.05, 0.1) is 28.6 Å².